The molecule has 4 rings (SSSR count). The summed E-state index contributed by atoms with van der Waals surface area (Å²) in [6.07, 6.45) is 14.2. The van der Waals surface area contributed by atoms with Gasteiger partial charge in [0.1, 0.15) is 0 Å². The van der Waals surface area contributed by atoms with E-state index in [4.69, 9.17) is 0 Å². The fourth-order valence-corrected chi connectivity index (χ4v) is 4.19. The number of nitrogens with one attached hydrogen (secondary N) is 2. The summed E-state index contributed by atoms with van der Waals surface area (Å²) in [5, 5.41) is 13.9. The number of hydrogen-bond acceptors (Lipinski definition) is 3. The predicted molar refractivity (Wildman–Crippen MR) is 110 cm³/mol. The molecule has 2 aliphatic rings. The van der Waals surface area contributed by atoms with Crippen molar-refractivity contribution >= 4 is 16.8 Å². The molecule has 1 aromatic carbocycles. The molecule has 2 N–H and O–H groups in total. The number of nitrogens with zero attached hydrogens (tertiary/aromatic N) is 2. The Bertz CT molecular complexity index is 943. The second-order valence-electron chi connectivity index (χ2n) is 7.71. The van der Waals surface area contributed by atoms with Gasteiger partial charge in [-0.15, -0.1) is 0 Å². The summed E-state index contributed by atoms with van der Waals surface area (Å²) < 4.78 is 0. The van der Waals surface area contributed by atoms with Crippen molar-refractivity contribution in [2.24, 2.45) is 5.92 Å². The standard InChI is InChI=1S/C23H26N4O/c24-14-18-16-27(12-10-17-15-25-22-9-5-4-8-20(17)22)13-11-21(18)23(28)26-19-6-2-1-3-7-19/h4-5,8-9,11,13,15-16,19,21,25H,1-3,6-7,10,12H2,(H,26,28). The normalized spacial score (nSPS) is 20.0. The van der Waals surface area contributed by atoms with Gasteiger partial charge in [0.2, 0.25) is 5.91 Å². The maximum absolute atomic E-state index is 12.7. The van der Waals surface area contributed by atoms with E-state index in [2.05, 4.69) is 28.5 Å². The van der Waals surface area contributed by atoms with Crippen LogP contribution in [-0.4, -0.2) is 28.4 Å². The van der Waals surface area contributed by atoms with Gasteiger partial charge < -0.3 is 15.2 Å². The van der Waals surface area contributed by atoms with E-state index in [1.807, 2.05) is 41.7 Å². The molecule has 5 heteroatoms. The van der Waals surface area contributed by atoms with E-state index < -0.39 is 5.92 Å². The molecule has 0 spiro atoms. The number of fused-ring (bicyclic) bond motifs is 1. The number of aromatic nitrogens is 1. The molecule has 144 valence electrons. The minimum absolute atomic E-state index is 0.0489. The molecule has 0 saturated heterocycles. The van der Waals surface area contributed by atoms with Gasteiger partial charge in [-0.05, 0) is 30.9 Å². The molecule has 0 radical (unpaired) electrons. The van der Waals surface area contributed by atoms with Crippen molar-refractivity contribution in [2.45, 2.75) is 44.6 Å². The molecular formula is C23H26N4O. The van der Waals surface area contributed by atoms with Crippen LogP contribution in [0.15, 0.2) is 54.5 Å². The summed E-state index contributed by atoms with van der Waals surface area (Å²) in [4.78, 5) is 18.0. The van der Waals surface area contributed by atoms with Crippen molar-refractivity contribution in [3.05, 3.63) is 60.1 Å². The van der Waals surface area contributed by atoms with Crippen molar-refractivity contribution in [1.82, 2.24) is 15.2 Å². The van der Waals surface area contributed by atoms with E-state index in [0.717, 1.165) is 31.3 Å². The Hall–Kier alpha value is -3.00. The quantitative estimate of drug-likeness (QED) is 0.830. The first-order valence-corrected chi connectivity index (χ1v) is 10.2. The molecule has 1 saturated carbocycles. The number of para-hydroxylation sites is 1. The molecule has 5 nitrogen and oxygen atoms in total. The molecule has 2 heterocycles. The molecule has 1 unspecified atom stereocenters. The molecular weight excluding hydrogens is 348 g/mol. The van der Waals surface area contributed by atoms with Crippen LogP contribution in [0.3, 0.4) is 0 Å². The number of H-pyrrole nitrogens is 1. The van der Waals surface area contributed by atoms with Crippen LogP contribution in [-0.2, 0) is 11.2 Å². The highest BCUT2D eigenvalue weighted by Gasteiger charge is 2.26. The van der Waals surface area contributed by atoms with Gasteiger partial charge in [-0.2, -0.15) is 5.26 Å². The Morgan fingerprint density at radius 3 is 2.89 bits per heavy atom. The second-order valence-corrected chi connectivity index (χ2v) is 7.71. The van der Waals surface area contributed by atoms with Crippen LogP contribution in [0, 0.1) is 17.2 Å². The van der Waals surface area contributed by atoms with Crippen LogP contribution in [0.4, 0.5) is 0 Å². The first-order valence-electron chi connectivity index (χ1n) is 10.2. The van der Waals surface area contributed by atoms with E-state index in [1.165, 1.54) is 30.2 Å². The van der Waals surface area contributed by atoms with E-state index in [1.54, 1.807) is 0 Å². The Kier molecular flexibility index (Phi) is 5.48. The summed E-state index contributed by atoms with van der Waals surface area (Å²) in [5.74, 6) is -0.525. The number of benzene rings is 1. The number of carbonyl (C=O) groups excluding carboxylic acids is 1. The third-order valence-electron chi connectivity index (χ3n) is 5.79. The molecule has 1 fully saturated rings. The van der Waals surface area contributed by atoms with Gasteiger partial charge in [0, 0.05) is 42.1 Å². The summed E-state index contributed by atoms with van der Waals surface area (Å²) in [6.45, 7) is 0.764. The molecule has 2 aromatic rings. The minimum atomic E-state index is -0.476. The highest BCUT2D eigenvalue weighted by molar-refractivity contribution is 5.85. The lowest BCUT2D eigenvalue weighted by Gasteiger charge is -2.27. The monoisotopic (exact) mass is 374 g/mol. The van der Waals surface area contributed by atoms with Crippen molar-refractivity contribution in [2.75, 3.05) is 6.54 Å². The number of amides is 1. The van der Waals surface area contributed by atoms with Gasteiger partial charge in [0.15, 0.2) is 0 Å². The Balaban J connectivity index is 1.38. The first-order chi connectivity index (χ1) is 13.7. The molecule has 28 heavy (non-hydrogen) atoms. The fraction of sp³-hybridized carbons (Fsp3) is 0.391. The van der Waals surface area contributed by atoms with E-state index in [9.17, 15) is 10.1 Å². The minimum Gasteiger partial charge on any atom is -0.361 e. The average molecular weight is 374 g/mol. The number of hydrogen-bond donors (Lipinski definition) is 2. The Morgan fingerprint density at radius 2 is 2.07 bits per heavy atom. The summed E-state index contributed by atoms with van der Waals surface area (Å²) in [7, 11) is 0. The molecule has 0 bridgehead atoms. The number of carbonyl (C=O) groups is 1. The maximum atomic E-state index is 12.7. The van der Waals surface area contributed by atoms with Gasteiger partial charge in [0.25, 0.3) is 0 Å². The van der Waals surface area contributed by atoms with Crippen molar-refractivity contribution < 1.29 is 4.79 Å². The third-order valence-corrected chi connectivity index (χ3v) is 5.79. The van der Waals surface area contributed by atoms with E-state index in [0.29, 0.717) is 5.57 Å². The maximum Gasteiger partial charge on any atom is 0.232 e. The summed E-state index contributed by atoms with van der Waals surface area (Å²) in [6, 6.07) is 10.7. The first kappa shape index (κ1) is 18.4. The summed E-state index contributed by atoms with van der Waals surface area (Å²) in [5.41, 5.74) is 2.90. The topological polar surface area (TPSA) is 71.9 Å². The van der Waals surface area contributed by atoms with Crippen LogP contribution in [0.1, 0.15) is 37.7 Å². The zero-order valence-corrected chi connectivity index (χ0v) is 16.0. The molecule has 1 amide bonds. The van der Waals surface area contributed by atoms with E-state index >= 15 is 0 Å². The second kappa shape index (κ2) is 8.35. The molecule has 1 aliphatic heterocycles. The Labute approximate surface area is 165 Å². The average Bonchev–Trinajstić information content (AvgIpc) is 3.16. The predicted octanol–water partition coefficient (Wildman–Crippen LogP) is 4.01. The highest BCUT2D eigenvalue weighted by Crippen LogP contribution is 2.23. The lowest BCUT2D eigenvalue weighted by atomic mass is 9.93. The van der Waals surface area contributed by atoms with Crippen LogP contribution in [0.25, 0.3) is 10.9 Å². The van der Waals surface area contributed by atoms with Crippen molar-refractivity contribution in [3.63, 3.8) is 0 Å². The number of rotatable bonds is 5. The molecule has 1 aromatic heterocycles. The SMILES string of the molecule is N#CC1=CN(CCc2c[nH]c3ccccc23)C=CC1C(=O)NC1CCCCC1. The van der Waals surface area contributed by atoms with Crippen LogP contribution in [0.5, 0.6) is 0 Å². The number of aromatic amines is 1. The van der Waals surface area contributed by atoms with Crippen molar-refractivity contribution in [3.8, 4) is 6.07 Å². The third kappa shape index (κ3) is 3.96. The zero-order chi connectivity index (χ0) is 19.3. The van der Waals surface area contributed by atoms with Gasteiger partial charge in [-0.3, -0.25) is 4.79 Å². The van der Waals surface area contributed by atoms with Crippen LogP contribution >= 0.6 is 0 Å². The summed E-state index contributed by atoms with van der Waals surface area (Å²) >= 11 is 0. The number of nitriles is 1. The lowest BCUT2D eigenvalue weighted by Crippen LogP contribution is -2.40. The Morgan fingerprint density at radius 1 is 1.25 bits per heavy atom. The van der Waals surface area contributed by atoms with Crippen LogP contribution < -0.4 is 5.32 Å². The van der Waals surface area contributed by atoms with Gasteiger partial charge in [-0.25, -0.2) is 0 Å². The fourth-order valence-electron chi connectivity index (χ4n) is 4.19. The van der Waals surface area contributed by atoms with E-state index in [-0.39, 0.29) is 11.9 Å². The molecule has 1 aliphatic carbocycles. The molecule has 1 atom stereocenters. The smallest absolute Gasteiger partial charge is 0.232 e. The van der Waals surface area contributed by atoms with Gasteiger partial charge >= 0.3 is 0 Å². The lowest BCUT2D eigenvalue weighted by molar-refractivity contribution is -0.123. The zero-order valence-electron chi connectivity index (χ0n) is 16.0. The van der Waals surface area contributed by atoms with Crippen molar-refractivity contribution in [1.29, 1.82) is 5.26 Å². The highest BCUT2D eigenvalue weighted by atomic mass is 16.1. The van der Waals surface area contributed by atoms with Gasteiger partial charge in [0.05, 0.1) is 17.6 Å². The van der Waals surface area contributed by atoms with Crippen LogP contribution in [0.2, 0.25) is 0 Å². The van der Waals surface area contributed by atoms with Gasteiger partial charge in [-0.1, -0.05) is 43.5 Å². The largest absolute Gasteiger partial charge is 0.361 e.